The highest BCUT2D eigenvalue weighted by molar-refractivity contribution is 6.06. The third-order valence-corrected chi connectivity index (χ3v) is 5.51. The van der Waals surface area contributed by atoms with Crippen LogP contribution in [0.5, 0.6) is 0 Å². The molecule has 2 rings (SSSR count). The van der Waals surface area contributed by atoms with Crippen LogP contribution in [0.1, 0.15) is 25.0 Å². The lowest BCUT2D eigenvalue weighted by Gasteiger charge is -2.25. The molecule has 0 aliphatic heterocycles. The van der Waals surface area contributed by atoms with E-state index in [0.29, 0.717) is 5.56 Å². The van der Waals surface area contributed by atoms with Gasteiger partial charge in [0, 0.05) is 6.42 Å². The number of esters is 2. The normalized spacial score (nSPS) is 12.9. The standard InChI is InChI=1S/C27H33N3O8/c1-17(2)21(25(33)36-3)29-24(32)22(26(34)37-4)30-23(31)20(15-18-11-7-5-8-12-18)28-27(35)38-16-19-13-9-6-10-14-19/h5-14,17,20-22H,15-16H2,1-4H3,(H,28,35)(H,29,32)(H,30,31)/t20-,21-,22?/m0/s1. The van der Waals surface area contributed by atoms with Gasteiger partial charge >= 0.3 is 18.0 Å². The summed E-state index contributed by atoms with van der Waals surface area (Å²) < 4.78 is 14.6. The highest BCUT2D eigenvalue weighted by Gasteiger charge is 2.36. The van der Waals surface area contributed by atoms with Crippen molar-refractivity contribution in [2.75, 3.05) is 14.2 Å². The Morgan fingerprint density at radius 2 is 1.26 bits per heavy atom. The Balaban J connectivity index is 2.19. The van der Waals surface area contributed by atoms with Gasteiger partial charge in [-0.2, -0.15) is 0 Å². The third-order valence-electron chi connectivity index (χ3n) is 5.51. The fourth-order valence-corrected chi connectivity index (χ4v) is 3.42. The number of benzene rings is 2. The summed E-state index contributed by atoms with van der Waals surface area (Å²) in [7, 11) is 2.22. The summed E-state index contributed by atoms with van der Waals surface area (Å²) in [6.45, 7) is 3.33. The molecular formula is C27H33N3O8. The molecule has 0 aromatic heterocycles. The zero-order valence-corrected chi connectivity index (χ0v) is 21.8. The summed E-state index contributed by atoms with van der Waals surface area (Å²) in [5, 5.41) is 7.23. The smallest absolute Gasteiger partial charge is 0.408 e. The topological polar surface area (TPSA) is 149 Å². The molecule has 2 aromatic rings. The highest BCUT2D eigenvalue weighted by atomic mass is 16.5. The average molecular weight is 528 g/mol. The lowest BCUT2D eigenvalue weighted by molar-refractivity contribution is -0.152. The van der Waals surface area contributed by atoms with Crippen molar-refractivity contribution in [3.8, 4) is 0 Å². The number of ether oxygens (including phenoxy) is 3. The number of carbonyl (C=O) groups excluding carboxylic acids is 5. The molecule has 0 radical (unpaired) electrons. The van der Waals surface area contributed by atoms with Gasteiger partial charge in [0.25, 0.3) is 5.91 Å². The Labute approximate surface area is 221 Å². The minimum Gasteiger partial charge on any atom is -0.467 e. The zero-order valence-electron chi connectivity index (χ0n) is 21.8. The first-order valence-electron chi connectivity index (χ1n) is 11.9. The molecule has 11 nitrogen and oxygen atoms in total. The predicted octanol–water partition coefficient (Wildman–Crippen LogP) is 1.50. The van der Waals surface area contributed by atoms with E-state index in [1.54, 1.807) is 68.4 Å². The molecule has 3 amide bonds. The van der Waals surface area contributed by atoms with E-state index >= 15 is 0 Å². The van der Waals surface area contributed by atoms with E-state index in [-0.39, 0.29) is 18.9 Å². The molecule has 0 heterocycles. The molecule has 3 N–H and O–H groups in total. The number of carbonyl (C=O) groups is 5. The van der Waals surface area contributed by atoms with Crippen molar-refractivity contribution >= 4 is 29.8 Å². The first-order chi connectivity index (χ1) is 18.2. The van der Waals surface area contributed by atoms with Crippen LogP contribution in [0.2, 0.25) is 0 Å². The van der Waals surface area contributed by atoms with Crippen molar-refractivity contribution in [3.63, 3.8) is 0 Å². The van der Waals surface area contributed by atoms with Crippen LogP contribution in [0.4, 0.5) is 4.79 Å². The first-order valence-corrected chi connectivity index (χ1v) is 11.9. The van der Waals surface area contributed by atoms with Crippen LogP contribution < -0.4 is 16.0 Å². The minimum atomic E-state index is -1.79. The predicted molar refractivity (Wildman–Crippen MR) is 136 cm³/mol. The highest BCUT2D eigenvalue weighted by Crippen LogP contribution is 2.08. The van der Waals surface area contributed by atoms with Gasteiger partial charge in [0.1, 0.15) is 18.7 Å². The summed E-state index contributed by atoms with van der Waals surface area (Å²) in [5.74, 6) is -3.96. The van der Waals surface area contributed by atoms with Gasteiger partial charge in [0.05, 0.1) is 14.2 Å². The molecule has 0 spiro atoms. The number of rotatable bonds is 12. The minimum absolute atomic E-state index is 0.0241. The molecule has 0 aliphatic carbocycles. The molecule has 0 fully saturated rings. The van der Waals surface area contributed by atoms with E-state index in [9.17, 15) is 24.0 Å². The van der Waals surface area contributed by atoms with Crippen LogP contribution in [-0.2, 0) is 46.4 Å². The van der Waals surface area contributed by atoms with Crippen molar-refractivity contribution in [1.82, 2.24) is 16.0 Å². The Morgan fingerprint density at radius 1 is 0.711 bits per heavy atom. The molecule has 2 aromatic carbocycles. The average Bonchev–Trinajstić information content (AvgIpc) is 2.93. The van der Waals surface area contributed by atoms with Crippen LogP contribution in [-0.4, -0.2) is 62.2 Å². The van der Waals surface area contributed by atoms with E-state index < -0.39 is 48.0 Å². The summed E-state index contributed by atoms with van der Waals surface area (Å²) in [6, 6.07) is 13.7. The largest absolute Gasteiger partial charge is 0.467 e. The quantitative estimate of drug-likeness (QED) is 0.214. The van der Waals surface area contributed by atoms with Gasteiger partial charge in [-0.3, -0.25) is 9.59 Å². The summed E-state index contributed by atoms with van der Waals surface area (Å²) >= 11 is 0. The number of hydrogen-bond donors (Lipinski definition) is 3. The molecule has 0 aliphatic rings. The molecule has 0 saturated heterocycles. The molecule has 11 heteroatoms. The lowest BCUT2D eigenvalue weighted by Crippen LogP contribution is -2.59. The number of nitrogens with one attached hydrogen (secondary N) is 3. The molecule has 0 saturated carbocycles. The lowest BCUT2D eigenvalue weighted by atomic mass is 10.0. The monoisotopic (exact) mass is 527 g/mol. The SMILES string of the molecule is COC(=O)C(NC(=O)[C@H](Cc1ccccc1)NC(=O)OCc1ccccc1)C(=O)N[C@H](C(=O)OC)C(C)C. The fourth-order valence-electron chi connectivity index (χ4n) is 3.42. The van der Waals surface area contributed by atoms with Gasteiger partial charge < -0.3 is 30.2 Å². The van der Waals surface area contributed by atoms with Crippen molar-refractivity contribution in [3.05, 3.63) is 71.8 Å². The van der Waals surface area contributed by atoms with Gasteiger partial charge in [0.2, 0.25) is 11.9 Å². The van der Waals surface area contributed by atoms with Gasteiger partial charge in [-0.1, -0.05) is 74.5 Å². The summed E-state index contributed by atoms with van der Waals surface area (Å²) in [5.41, 5.74) is 1.46. The van der Waals surface area contributed by atoms with E-state index in [2.05, 4.69) is 20.7 Å². The maximum atomic E-state index is 13.2. The molecule has 38 heavy (non-hydrogen) atoms. The van der Waals surface area contributed by atoms with Crippen molar-refractivity contribution < 1.29 is 38.2 Å². The van der Waals surface area contributed by atoms with Gasteiger partial charge in [0.15, 0.2) is 0 Å². The second-order valence-corrected chi connectivity index (χ2v) is 8.67. The summed E-state index contributed by atoms with van der Waals surface area (Å²) in [6.07, 6.45) is -0.825. The second-order valence-electron chi connectivity index (χ2n) is 8.67. The maximum absolute atomic E-state index is 13.2. The Bertz CT molecular complexity index is 1090. The summed E-state index contributed by atoms with van der Waals surface area (Å²) in [4.78, 5) is 63.2. The van der Waals surface area contributed by atoms with Crippen LogP contribution in [0.15, 0.2) is 60.7 Å². The number of methoxy groups -OCH3 is 2. The van der Waals surface area contributed by atoms with E-state index in [1.165, 1.54) is 7.11 Å². The van der Waals surface area contributed by atoms with Gasteiger partial charge in [-0.05, 0) is 17.0 Å². The van der Waals surface area contributed by atoms with Crippen LogP contribution in [0.3, 0.4) is 0 Å². The van der Waals surface area contributed by atoms with Crippen molar-refractivity contribution in [2.45, 2.75) is 45.0 Å². The zero-order chi connectivity index (χ0) is 28.1. The van der Waals surface area contributed by atoms with Crippen LogP contribution in [0, 0.1) is 5.92 Å². The van der Waals surface area contributed by atoms with Crippen molar-refractivity contribution in [2.24, 2.45) is 5.92 Å². The number of amides is 3. The first kappa shape index (κ1) is 29.8. The molecular weight excluding hydrogens is 494 g/mol. The Morgan fingerprint density at radius 3 is 1.79 bits per heavy atom. The molecule has 1 unspecified atom stereocenters. The Hall–Kier alpha value is -4.41. The van der Waals surface area contributed by atoms with Gasteiger partial charge in [-0.25, -0.2) is 14.4 Å². The number of alkyl carbamates (subject to hydrolysis) is 1. The second kappa shape index (κ2) is 15.0. The van der Waals surface area contributed by atoms with E-state index in [0.717, 1.165) is 12.7 Å². The van der Waals surface area contributed by atoms with E-state index in [1.807, 2.05) is 6.07 Å². The number of hydrogen-bond acceptors (Lipinski definition) is 8. The molecule has 0 bridgehead atoms. The maximum Gasteiger partial charge on any atom is 0.408 e. The van der Waals surface area contributed by atoms with Crippen molar-refractivity contribution in [1.29, 1.82) is 0 Å². The fraction of sp³-hybridized carbons (Fsp3) is 0.370. The van der Waals surface area contributed by atoms with Crippen LogP contribution in [0.25, 0.3) is 0 Å². The molecule has 204 valence electrons. The van der Waals surface area contributed by atoms with E-state index in [4.69, 9.17) is 9.47 Å². The van der Waals surface area contributed by atoms with Crippen LogP contribution >= 0.6 is 0 Å². The molecule has 3 atom stereocenters. The van der Waals surface area contributed by atoms with Gasteiger partial charge in [-0.15, -0.1) is 0 Å². The Kier molecular flexibility index (Phi) is 11.8. The third kappa shape index (κ3) is 9.23.